The minimum absolute atomic E-state index is 0.0675. The molecule has 31 heavy (non-hydrogen) atoms. The molecule has 4 heteroatoms. The van der Waals surface area contributed by atoms with E-state index in [-0.39, 0.29) is 23.4 Å². The van der Waals surface area contributed by atoms with Crippen LogP contribution in [0.1, 0.15) is 96.0 Å². The molecule has 0 heterocycles. The lowest BCUT2D eigenvalue weighted by molar-refractivity contribution is -0.140. The first-order chi connectivity index (χ1) is 15.1. The van der Waals surface area contributed by atoms with E-state index in [1.165, 1.54) is 44.9 Å². The predicted molar refractivity (Wildman–Crippen MR) is 124 cm³/mol. The van der Waals surface area contributed by atoms with Crippen LogP contribution in [0.5, 0.6) is 5.75 Å². The van der Waals surface area contributed by atoms with Crippen LogP contribution in [0.3, 0.4) is 0 Å². The molecule has 2 aliphatic rings. The Balaban J connectivity index is 1.69. The number of aliphatic carboxylic acids is 1. The maximum absolute atomic E-state index is 12.7. The van der Waals surface area contributed by atoms with Gasteiger partial charge in [0.1, 0.15) is 5.75 Å². The number of carbonyl (C=O) groups is 2. The minimum Gasteiger partial charge on any atom is -0.478 e. The van der Waals surface area contributed by atoms with Crippen LogP contribution < -0.4 is 4.74 Å². The third kappa shape index (κ3) is 6.95. The topological polar surface area (TPSA) is 63.6 Å². The molecule has 0 saturated heterocycles. The van der Waals surface area contributed by atoms with E-state index in [9.17, 15) is 14.7 Å². The van der Waals surface area contributed by atoms with Crippen molar-refractivity contribution in [3.05, 3.63) is 35.9 Å². The van der Waals surface area contributed by atoms with Crippen molar-refractivity contribution >= 4 is 17.5 Å². The number of para-hydroxylation sites is 1. The summed E-state index contributed by atoms with van der Waals surface area (Å²) in [5.74, 6) is 0.196. The summed E-state index contributed by atoms with van der Waals surface area (Å²) in [4.78, 5) is 24.8. The summed E-state index contributed by atoms with van der Waals surface area (Å²) < 4.78 is 5.73. The second-order valence-electron chi connectivity index (χ2n) is 9.41. The van der Waals surface area contributed by atoms with Crippen LogP contribution >= 0.6 is 0 Å². The number of carbonyl (C=O) groups excluding carboxylic acids is 1. The van der Waals surface area contributed by atoms with Gasteiger partial charge in [-0.2, -0.15) is 0 Å². The number of benzene rings is 1. The third-order valence-electron chi connectivity index (χ3n) is 7.07. The molecule has 0 spiro atoms. The molecule has 0 bridgehead atoms. The molecule has 4 nitrogen and oxygen atoms in total. The molecule has 1 aromatic rings. The van der Waals surface area contributed by atoms with Gasteiger partial charge < -0.3 is 9.84 Å². The first kappa shape index (κ1) is 23.6. The summed E-state index contributed by atoms with van der Waals surface area (Å²) >= 11 is 0. The molecule has 3 rings (SSSR count). The van der Waals surface area contributed by atoms with E-state index in [4.69, 9.17) is 4.74 Å². The highest BCUT2D eigenvalue weighted by molar-refractivity contribution is 6.16. The monoisotopic (exact) mass is 426 g/mol. The Hall–Kier alpha value is -2.10. The van der Waals surface area contributed by atoms with E-state index < -0.39 is 5.97 Å². The van der Waals surface area contributed by atoms with Gasteiger partial charge >= 0.3 is 11.9 Å². The van der Waals surface area contributed by atoms with E-state index in [1.807, 2.05) is 12.1 Å². The van der Waals surface area contributed by atoms with Crippen LogP contribution in [0, 0.1) is 17.8 Å². The summed E-state index contributed by atoms with van der Waals surface area (Å²) in [7, 11) is 0. The van der Waals surface area contributed by atoms with Crippen LogP contribution in [-0.4, -0.2) is 17.0 Å². The number of allylic oxidation sites excluding steroid dienone is 1. The molecule has 0 aliphatic heterocycles. The van der Waals surface area contributed by atoms with Gasteiger partial charge in [0.15, 0.2) is 0 Å². The number of rotatable bonds is 9. The number of hydrogen-bond donors (Lipinski definition) is 1. The van der Waals surface area contributed by atoms with Crippen molar-refractivity contribution in [2.45, 2.75) is 90.4 Å². The van der Waals surface area contributed by atoms with E-state index in [2.05, 4.69) is 6.92 Å². The lowest BCUT2D eigenvalue weighted by Gasteiger charge is -2.27. The van der Waals surface area contributed by atoms with Crippen molar-refractivity contribution in [2.75, 3.05) is 0 Å². The highest BCUT2D eigenvalue weighted by Crippen LogP contribution is 2.36. The zero-order valence-corrected chi connectivity index (χ0v) is 19.0. The largest absolute Gasteiger partial charge is 0.478 e. The fourth-order valence-corrected chi connectivity index (χ4v) is 5.15. The van der Waals surface area contributed by atoms with Gasteiger partial charge in [-0.15, -0.1) is 0 Å². The summed E-state index contributed by atoms with van der Waals surface area (Å²) in [5, 5.41) is 9.95. The van der Waals surface area contributed by atoms with Crippen molar-refractivity contribution in [1.82, 2.24) is 0 Å². The molecule has 1 N–H and O–H groups in total. The number of ether oxygens (including phenoxy) is 1. The van der Waals surface area contributed by atoms with Crippen LogP contribution in [0.15, 0.2) is 30.3 Å². The molecule has 2 aliphatic carbocycles. The van der Waals surface area contributed by atoms with E-state index in [1.54, 1.807) is 18.2 Å². The second-order valence-corrected chi connectivity index (χ2v) is 9.41. The highest BCUT2D eigenvalue weighted by atomic mass is 16.5. The van der Waals surface area contributed by atoms with Gasteiger partial charge in [-0.05, 0) is 56.4 Å². The predicted octanol–water partition coefficient (Wildman–Crippen LogP) is 7.03. The lowest BCUT2D eigenvalue weighted by atomic mass is 9.79. The van der Waals surface area contributed by atoms with Gasteiger partial charge in [-0.25, -0.2) is 4.79 Å². The molecule has 1 aromatic carbocycles. The summed E-state index contributed by atoms with van der Waals surface area (Å²) in [6.45, 7) is 2.24. The highest BCUT2D eigenvalue weighted by Gasteiger charge is 2.26. The normalized spacial score (nSPS) is 22.8. The number of carboxylic acid groups (broad SMARTS) is 1. The Labute approximate surface area is 187 Å². The van der Waals surface area contributed by atoms with Crippen molar-refractivity contribution < 1.29 is 19.4 Å². The zero-order valence-electron chi connectivity index (χ0n) is 19.0. The van der Waals surface area contributed by atoms with Crippen molar-refractivity contribution in [1.29, 1.82) is 0 Å². The van der Waals surface area contributed by atoms with Gasteiger partial charge in [0.05, 0.1) is 11.5 Å². The average Bonchev–Trinajstić information content (AvgIpc) is 2.79. The maximum Gasteiger partial charge on any atom is 0.336 e. The van der Waals surface area contributed by atoms with Crippen LogP contribution in [0.4, 0.5) is 0 Å². The maximum atomic E-state index is 12.7. The smallest absolute Gasteiger partial charge is 0.336 e. The standard InChI is InChI=1S/C27H38O4/c1-2-3-5-10-20-15-17-21(18-16-20)19-24(26(28)29)23-13-8-9-14-25(23)31-27(30)22-11-6-4-7-12-22/h8-9,13-14,19-22H,2-7,10-12,15-18H2,1H3,(H,28,29). The van der Waals surface area contributed by atoms with Crippen molar-refractivity contribution in [3.8, 4) is 5.75 Å². The van der Waals surface area contributed by atoms with Crippen molar-refractivity contribution in [2.24, 2.45) is 17.8 Å². The fourth-order valence-electron chi connectivity index (χ4n) is 5.15. The number of carboxylic acids is 1. The van der Waals surface area contributed by atoms with E-state index in [0.717, 1.165) is 44.4 Å². The SMILES string of the molecule is CCCCCC1CCC(C=C(C(=O)O)c2ccccc2OC(=O)C2CCCCC2)CC1. The lowest BCUT2D eigenvalue weighted by Crippen LogP contribution is -2.23. The second kappa shape index (κ2) is 12.1. The van der Waals surface area contributed by atoms with E-state index in [0.29, 0.717) is 11.3 Å². The average molecular weight is 427 g/mol. The molecular formula is C27H38O4. The molecule has 0 radical (unpaired) electrons. The molecule has 0 aromatic heterocycles. The Morgan fingerprint density at radius 2 is 1.71 bits per heavy atom. The third-order valence-corrected chi connectivity index (χ3v) is 7.07. The molecule has 170 valence electrons. The molecule has 0 unspecified atom stereocenters. The minimum atomic E-state index is -0.953. The van der Waals surface area contributed by atoms with Crippen molar-refractivity contribution in [3.63, 3.8) is 0 Å². The first-order valence-electron chi connectivity index (χ1n) is 12.3. The van der Waals surface area contributed by atoms with E-state index >= 15 is 0 Å². The molecule has 0 amide bonds. The van der Waals surface area contributed by atoms with Gasteiger partial charge in [-0.3, -0.25) is 4.79 Å². The molecular weight excluding hydrogens is 388 g/mol. The van der Waals surface area contributed by atoms with Crippen LogP contribution in [0.25, 0.3) is 5.57 Å². The Bertz CT molecular complexity index is 752. The van der Waals surface area contributed by atoms with Gasteiger partial charge in [-0.1, -0.05) is 76.1 Å². The molecule has 2 saturated carbocycles. The number of unbranched alkanes of at least 4 members (excludes halogenated alkanes) is 2. The van der Waals surface area contributed by atoms with Crippen LogP contribution in [0.2, 0.25) is 0 Å². The molecule has 0 atom stereocenters. The van der Waals surface area contributed by atoms with Crippen LogP contribution in [-0.2, 0) is 9.59 Å². The summed E-state index contributed by atoms with van der Waals surface area (Å²) in [5.41, 5.74) is 0.783. The number of esters is 1. The van der Waals surface area contributed by atoms with Gasteiger partial charge in [0.2, 0.25) is 0 Å². The summed E-state index contributed by atoms with van der Waals surface area (Å²) in [6.07, 6.45) is 16.5. The fraction of sp³-hybridized carbons (Fsp3) is 0.630. The number of hydrogen-bond acceptors (Lipinski definition) is 3. The zero-order chi connectivity index (χ0) is 22.1. The van der Waals surface area contributed by atoms with Gasteiger partial charge in [0, 0.05) is 5.56 Å². The van der Waals surface area contributed by atoms with Gasteiger partial charge in [0.25, 0.3) is 0 Å². The Kier molecular flexibility index (Phi) is 9.17. The molecule has 2 fully saturated rings. The summed E-state index contributed by atoms with van der Waals surface area (Å²) in [6, 6.07) is 7.10. The Morgan fingerprint density at radius 1 is 1.00 bits per heavy atom. The quantitative estimate of drug-likeness (QED) is 0.199. The first-order valence-corrected chi connectivity index (χ1v) is 12.3. The Morgan fingerprint density at radius 3 is 2.39 bits per heavy atom.